The van der Waals surface area contributed by atoms with Gasteiger partial charge in [-0.2, -0.15) is 13.2 Å². The molecule has 0 aliphatic carbocycles. The van der Waals surface area contributed by atoms with Gasteiger partial charge in [0, 0.05) is 12.7 Å². The van der Waals surface area contributed by atoms with Crippen LogP contribution in [0.15, 0.2) is 18.3 Å². The Morgan fingerprint density at radius 3 is 2.78 bits per heavy atom. The molecule has 1 saturated heterocycles. The second kappa shape index (κ2) is 4.31. The van der Waals surface area contributed by atoms with Gasteiger partial charge in [-0.15, -0.1) is 0 Å². The summed E-state index contributed by atoms with van der Waals surface area (Å²) >= 11 is 0. The fourth-order valence-corrected chi connectivity index (χ4v) is 2.07. The minimum atomic E-state index is -4.72. The number of amides is 1. The Balaban J connectivity index is 2.15. The number of aliphatic hydroxyl groups is 1. The molecule has 2 rings (SSSR count). The van der Waals surface area contributed by atoms with Crippen LogP contribution in [0.3, 0.4) is 0 Å². The van der Waals surface area contributed by atoms with Crippen molar-refractivity contribution in [2.75, 3.05) is 13.1 Å². The zero-order valence-corrected chi connectivity index (χ0v) is 9.50. The molecule has 1 aliphatic rings. The minimum Gasteiger partial charge on any atom is -0.379 e. The molecule has 0 saturated carbocycles. The van der Waals surface area contributed by atoms with Crippen LogP contribution in [-0.4, -0.2) is 45.8 Å². The number of nitrogens with one attached hydrogen (secondary N) is 1. The van der Waals surface area contributed by atoms with Crippen LogP contribution in [0.2, 0.25) is 0 Å². The van der Waals surface area contributed by atoms with Crippen LogP contribution < -0.4 is 0 Å². The summed E-state index contributed by atoms with van der Waals surface area (Å²) in [5, 5.41) is 9.60. The molecule has 1 aromatic rings. The van der Waals surface area contributed by atoms with Gasteiger partial charge < -0.3 is 15.0 Å². The fourth-order valence-electron chi connectivity index (χ4n) is 2.07. The first kappa shape index (κ1) is 12.9. The van der Waals surface area contributed by atoms with E-state index in [1.54, 1.807) is 6.07 Å². The van der Waals surface area contributed by atoms with Gasteiger partial charge in [-0.3, -0.25) is 4.79 Å². The number of halogens is 3. The predicted octanol–water partition coefficient (Wildman–Crippen LogP) is 1.54. The number of aromatic amines is 1. The molecule has 1 amide bonds. The summed E-state index contributed by atoms with van der Waals surface area (Å²) in [6.45, 7) is -0.495. The van der Waals surface area contributed by atoms with Gasteiger partial charge in [0.1, 0.15) is 5.69 Å². The maximum atomic E-state index is 12.7. The maximum Gasteiger partial charge on any atom is 0.418 e. The Labute approximate surface area is 101 Å². The lowest BCUT2D eigenvalue weighted by Crippen LogP contribution is -2.58. The summed E-state index contributed by atoms with van der Waals surface area (Å²) < 4.78 is 38.1. The molecule has 1 aromatic heterocycles. The van der Waals surface area contributed by atoms with E-state index in [1.165, 1.54) is 12.3 Å². The predicted molar refractivity (Wildman–Crippen MR) is 56.9 cm³/mol. The molecule has 0 aromatic carbocycles. The Morgan fingerprint density at radius 1 is 1.50 bits per heavy atom. The summed E-state index contributed by atoms with van der Waals surface area (Å²) in [6.07, 6.45) is -3.44. The normalized spacial score (nSPS) is 25.2. The molecule has 2 heterocycles. The van der Waals surface area contributed by atoms with E-state index < -0.39 is 24.2 Å². The van der Waals surface area contributed by atoms with Crippen molar-refractivity contribution >= 4 is 5.91 Å². The Morgan fingerprint density at radius 2 is 2.22 bits per heavy atom. The monoisotopic (exact) mass is 262 g/mol. The Kier molecular flexibility index (Phi) is 3.10. The second-order valence-corrected chi connectivity index (χ2v) is 4.44. The number of carbonyl (C=O) groups excluding carboxylic acids is 1. The lowest BCUT2D eigenvalue weighted by Gasteiger charge is -2.39. The van der Waals surface area contributed by atoms with Gasteiger partial charge >= 0.3 is 6.18 Å². The lowest BCUT2D eigenvalue weighted by atomic mass is 9.92. The number of β-amino-alcohol motifs (C(OH)–C–C–N with tert-alkyl or cyclic N) is 1. The highest BCUT2D eigenvalue weighted by Crippen LogP contribution is 2.37. The fraction of sp³-hybridized carbons (Fsp3) is 0.545. The van der Waals surface area contributed by atoms with Crippen molar-refractivity contribution in [3.8, 4) is 0 Å². The zero-order chi connectivity index (χ0) is 13.4. The first-order valence-electron chi connectivity index (χ1n) is 5.55. The molecule has 18 heavy (non-hydrogen) atoms. The number of H-pyrrole nitrogens is 1. The van der Waals surface area contributed by atoms with Crippen LogP contribution >= 0.6 is 0 Å². The van der Waals surface area contributed by atoms with Gasteiger partial charge in [-0.25, -0.2) is 0 Å². The van der Waals surface area contributed by atoms with Gasteiger partial charge in [0.2, 0.25) is 0 Å². The number of likely N-dealkylation sites (tertiary alicyclic amines) is 1. The third-order valence-corrected chi connectivity index (χ3v) is 3.11. The van der Waals surface area contributed by atoms with Gasteiger partial charge in [-0.1, -0.05) is 0 Å². The smallest absolute Gasteiger partial charge is 0.379 e. The first-order valence-corrected chi connectivity index (χ1v) is 5.55. The number of nitrogens with zero attached hydrogens (tertiary/aromatic N) is 1. The molecular formula is C11H13F3N2O2. The standard InChI is InChI=1S/C11H13F3N2O2/c12-11(13,14)10(18)4-2-6-16(7-10)9(17)8-3-1-5-15-8/h1,3,5,15,18H,2,4,6-7H2. The highest BCUT2D eigenvalue weighted by Gasteiger charge is 2.55. The van der Waals surface area contributed by atoms with Crippen LogP contribution in [0.25, 0.3) is 0 Å². The van der Waals surface area contributed by atoms with Crippen molar-refractivity contribution in [3.63, 3.8) is 0 Å². The van der Waals surface area contributed by atoms with E-state index in [0.717, 1.165) is 4.90 Å². The van der Waals surface area contributed by atoms with Crippen molar-refractivity contribution in [1.29, 1.82) is 0 Å². The van der Waals surface area contributed by atoms with Gasteiger partial charge in [0.15, 0.2) is 5.60 Å². The first-order chi connectivity index (χ1) is 8.33. The summed E-state index contributed by atoms with van der Waals surface area (Å²) in [5.41, 5.74) is -2.57. The highest BCUT2D eigenvalue weighted by atomic mass is 19.4. The topological polar surface area (TPSA) is 56.3 Å². The van der Waals surface area contributed by atoms with Crippen molar-refractivity contribution in [2.24, 2.45) is 0 Å². The number of rotatable bonds is 1. The molecule has 1 atom stereocenters. The van der Waals surface area contributed by atoms with Crippen molar-refractivity contribution in [1.82, 2.24) is 9.88 Å². The van der Waals surface area contributed by atoms with E-state index in [4.69, 9.17) is 0 Å². The number of piperidine rings is 1. The van der Waals surface area contributed by atoms with Gasteiger partial charge in [-0.05, 0) is 25.0 Å². The van der Waals surface area contributed by atoms with E-state index in [-0.39, 0.29) is 25.1 Å². The van der Waals surface area contributed by atoms with Crippen molar-refractivity contribution < 1.29 is 23.1 Å². The van der Waals surface area contributed by atoms with E-state index in [0.29, 0.717) is 0 Å². The summed E-state index contributed by atoms with van der Waals surface area (Å²) in [6, 6.07) is 3.08. The molecule has 1 unspecified atom stereocenters. The molecule has 2 N–H and O–H groups in total. The summed E-state index contributed by atoms with van der Waals surface area (Å²) in [7, 11) is 0. The lowest BCUT2D eigenvalue weighted by molar-refractivity contribution is -0.271. The van der Waals surface area contributed by atoms with Crippen LogP contribution in [0, 0.1) is 0 Å². The quantitative estimate of drug-likeness (QED) is 0.806. The van der Waals surface area contributed by atoms with E-state index in [1.807, 2.05) is 0 Å². The second-order valence-electron chi connectivity index (χ2n) is 4.44. The summed E-state index contributed by atoms with van der Waals surface area (Å²) in [4.78, 5) is 15.6. The molecule has 7 heteroatoms. The molecule has 1 fully saturated rings. The SMILES string of the molecule is O=C(c1ccc[nH]1)N1CCCC(O)(C(F)(F)F)C1. The van der Waals surface area contributed by atoms with Crippen LogP contribution in [0.4, 0.5) is 13.2 Å². The molecule has 0 radical (unpaired) electrons. The maximum absolute atomic E-state index is 12.7. The third-order valence-electron chi connectivity index (χ3n) is 3.11. The largest absolute Gasteiger partial charge is 0.418 e. The molecule has 1 aliphatic heterocycles. The molecule has 0 bridgehead atoms. The number of aromatic nitrogens is 1. The molecular weight excluding hydrogens is 249 g/mol. The number of hydrogen-bond acceptors (Lipinski definition) is 2. The highest BCUT2D eigenvalue weighted by molar-refractivity contribution is 5.92. The van der Waals surface area contributed by atoms with Crippen LogP contribution in [-0.2, 0) is 0 Å². The average Bonchev–Trinajstić information content (AvgIpc) is 2.80. The molecule has 4 nitrogen and oxygen atoms in total. The van der Waals surface area contributed by atoms with Gasteiger partial charge in [0.25, 0.3) is 5.91 Å². The zero-order valence-electron chi connectivity index (χ0n) is 9.50. The molecule has 0 spiro atoms. The van der Waals surface area contributed by atoms with Crippen LogP contribution in [0.5, 0.6) is 0 Å². The van der Waals surface area contributed by atoms with Crippen molar-refractivity contribution in [2.45, 2.75) is 24.6 Å². The van der Waals surface area contributed by atoms with E-state index in [9.17, 15) is 23.1 Å². The van der Waals surface area contributed by atoms with Gasteiger partial charge in [0.05, 0.1) is 6.54 Å². The molecule has 100 valence electrons. The van der Waals surface area contributed by atoms with E-state index in [2.05, 4.69) is 4.98 Å². The van der Waals surface area contributed by atoms with Crippen molar-refractivity contribution in [3.05, 3.63) is 24.0 Å². The van der Waals surface area contributed by atoms with Crippen LogP contribution in [0.1, 0.15) is 23.3 Å². The number of hydrogen-bond donors (Lipinski definition) is 2. The number of carbonyl (C=O) groups is 1. The number of alkyl halides is 3. The Bertz CT molecular complexity index is 430. The summed E-state index contributed by atoms with van der Waals surface area (Å²) in [5.74, 6) is -0.526. The minimum absolute atomic E-state index is 0.127. The van der Waals surface area contributed by atoms with E-state index >= 15 is 0 Å². The Hall–Kier alpha value is -1.50. The average molecular weight is 262 g/mol. The third kappa shape index (κ3) is 2.22.